The maximum Gasteiger partial charge on any atom is 0.331 e. The van der Waals surface area contributed by atoms with E-state index in [0.29, 0.717) is 26.1 Å². The van der Waals surface area contributed by atoms with Gasteiger partial charge in [0.15, 0.2) is 0 Å². The van der Waals surface area contributed by atoms with E-state index in [1.54, 1.807) is 6.07 Å². The lowest BCUT2D eigenvalue weighted by Gasteiger charge is -2.39. The van der Waals surface area contributed by atoms with Gasteiger partial charge < -0.3 is 15.1 Å². The van der Waals surface area contributed by atoms with Crippen molar-refractivity contribution < 1.29 is 9.18 Å². The first-order valence-electron chi connectivity index (χ1n) is 13.7. The molecule has 0 radical (unpaired) electrons. The molecule has 0 aliphatic carbocycles. The van der Waals surface area contributed by atoms with Gasteiger partial charge in [0.25, 0.3) is 5.56 Å². The molecule has 5 rings (SSSR count). The molecule has 1 aromatic heterocycles. The number of para-hydroxylation sites is 1. The molecule has 1 N–H and O–H groups in total. The SMILES string of the molecule is C=C(Cn1cc(-c2cccc(F)c2Cl)c(=O)n(CCC)c1=O)N1CCC(N2CCc3ccccc3NC2=O)CC1. The van der Waals surface area contributed by atoms with Crippen LogP contribution in [0.1, 0.15) is 31.7 Å². The highest BCUT2D eigenvalue weighted by molar-refractivity contribution is 6.33. The van der Waals surface area contributed by atoms with Gasteiger partial charge in [0, 0.05) is 55.4 Å². The van der Waals surface area contributed by atoms with Gasteiger partial charge in [0.05, 0.1) is 17.1 Å². The van der Waals surface area contributed by atoms with Crippen LogP contribution in [0.25, 0.3) is 11.1 Å². The number of hydrogen-bond acceptors (Lipinski definition) is 4. The van der Waals surface area contributed by atoms with Crippen LogP contribution in [0.3, 0.4) is 0 Å². The van der Waals surface area contributed by atoms with Crippen molar-refractivity contribution in [3.63, 3.8) is 0 Å². The third-order valence-corrected chi connectivity index (χ3v) is 8.16. The zero-order valence-electron chi connectivity index (χ0n) is 22.5. The fraction of sp³-hybridized carbons (Fsp3) is 0.367. The number of urea groups is 1. The Kier molecular flexibility index (Phi) is 8.12. The van der Waals surface area contributed by atoms with Gasteiger partial charge in [-0.15, -0.1) is 0 Å². The quantitative estimate of drug-likeness (QED) is 0.440. The average molecular weight is 566 g/mol. The number of hydrogen-bond donors (Lipinski definition) is 1. The standard InChI is InChI=1S/C30H33ClFN5O3/c1-3-14-37-28(38)24(23-8-6-9-25(32)27(23)31)19-35(30(37)40)18-20(2)34-15-12-22(13-16-34)36-17-11-21-7-4-5-10-26(21)33-29(36)39/h4-10,19,22H,2-3,11-18H2,1H3,(H,33,39). The summed E-state index contributed by atoms with van der Waals surface area (Å²) in [6.07, 6.45) is 4.39. The summed E-state index contributed by atoms with van der Waals surface area (Å²) in [6, 6.07) is 12.2. The van der Waals surface area contributed by atoms with Gasteiger partial charge in [0.1, 0.15) is 5.82 Å². The molecule has 0 atom stereocenters. The van der Waals surface area contributed by atoms with Crippen molar-refractivity contribution in [2.45, 2.75) is 51.7 Å². The molecular formula is C30H33ClFN5O3. The van der Waals surface area contributed by atoms with Crippen molar-refractivity contribution >= 4 is 23.3 Å². The van der Waals surface area contributed by atoms with Crippen LogP contribution in [0, 0.1) is 5.82 Å². The van der Waals surface area contributed by atoms with E-state index in [1.807, 2.05) is 36.1 Å². The Morgan fingerprint density at radius 1 is 1.05 bits per heavy atom. The minimum atomic E-state index is -0.632. The van der Waals surface area contributed by atoms with Crippen LogP contribution in [0.5, 0.6) is 0 Å². The molecule has 0 spiro atoms. The third-order valence-electron chi connectivity index (χ3n) is 7.77. The number of rotatable bonds is 7. The number of piperidine rings is 1. The highest BCUT2D eigenvalue weighted by Crippen LogP contribution is 2.28. The molecule has 2 amide bonds. The van der Waals surface area contributed by atoms with Crippen molar-refractivity contribution in [1.82, 2.24) is 18.9 Å². The minimum absolute atomic E-state index is 0.0736. The molecule has 210 valence electrons. The van der Waals surface area contributed by atoms with Crippen molar-refractivity contribution in [1.29, 1.82) is 0 Å². The zero-order chi connectivity index (χ0) is 28.4. The fourth-order valence-electron chi connectivity index (χ4n) is 5.61. The molecule has 2 aliphatic rings. The molecular weight excluding hydrogens is 533 g/mol. The number of anilines is 1. The van der Waals surface area contributed by atoms with E-state index in [1.165, 1.54) is 27.5 Å². The number of benzene rings is 2. The molecule has 0 unspecified atom stereocenters. The second kappa shape index (κ2) is 11.7. The second-order valence-corrected chi connectivity index (χ2v) is 10.7. The van der Waals surface area contributed by atoms with E-state index in [4.69, 9.17) is 11.6 Å². The van der Waals surface area contributed by atoms with Gasteiger partial charge in [-0.05, 0) is 43.4 Å². The highest BCUT2D eigenvalue weighted by Gasteiger charge is 2.30. The third kappa shape index (κ3) is 5.43. The van der Waals surface area contributed by atoms with Crippen LogP contribution >= 0.6 is 11.6 Å². The zero-order valence-corrected chi connectivity index (χ0v) is 23.3. The number of carbonyl (C=O) groups is 1. The topological polar surface area (TPSA) is 79.6 Å². The van der Waals surface area contributed by atoms with E-state index in [-0.39, 0.29) is 41.3 Å². The van der Waals surface area contributed by atoms with Crippen molar-refractivity contribution in [3.05, 3.63) is 98.2 Å². The molecule has 0 saturated carbocycles. The number of likely N-dealkylation sites (tertiary alicyclic amines) is 1. The van der Waals surface area contributed by atoms with Gasteiger partial charge >= 0.3 is 11.7 Å². The van der Waals surface area contributed by atoms with Crippen LogP contribution in [-0.4, -0.2) is 50.6 Å². The minimum Gasteiger partial charge on any atom is -0.374 e. The summed E-state index contributed by atoms with van der Waals surface area (Å²) in [5.74, 6) is -0.632. The summed E-state index contributed by atoms with van der Waals surface area (Å²) in [5.41, 5.74) is 2.20. The first-order chi connectivity index (χ1) is 19.3. The number of allylic oxidation sites excluding steroid dienone is 1. The fourth-order valence-corrected chi connectivity index (χ4v) is 5.84. The van der Waals surface area contributed by atoms with Gasteiger partial charge in [-0.25, -0.2) is 14.0 Å². The van der Waals surface area contributed by atoms with E-state index >= 15 is 0 Å². The van der Waals surface area contributed by atoms with E-state index in [2.05, 4.69) is 16.8 Å². The molecule has 0 bridgehead atoms. The Morgan fingerprint density at radius 3 is 2.55 bits per heavy atom. The highest BCUT2D eigenvalue weighted by atomic mass is 35.5. The van der Waals surface area contributed by atoms with Crippen molar-refractivity contribution in [2.75, 3.05) is 25.0 Å². The first kappa shape index (κ1) is 27.7. The molecule has 8 nitrogen and oxygen atoms in total. The van der Waals surface area contributed by atoms with E-state index in [9.17, 15) is 18.8 Å². The van der Waals surface area contributed by atoms with Crippen LogP contribution < -0.4 is 16.6 Å². The summed E-state index contributed by atoms with van der Waals surface area (Å²) in [4.78, 5) is 43.5. The maximum absolute atomic E-state index is 14.2. The maximum atomic E-state index is 14.2. The Labute approximate surface area is 237 Å². The number of carbonyl (C=O) groups excluding carboxylic acids is 1. The lowest BCUT2D eigenvalue weighted by molar-refractivity contribution is 0.142. The lowest BCUT2D eigenvalue weighted by atomic mass is 10.0. The predicted octanol–water partition coefficient (Wildman–Crippen LogP) is 4.95. The predicted molar refractivity (Wildman–Crippen MR) is 155 cm³/mol. The van der Waals surface area contributed by atoms with Gasteiger partial charge in [-0.2, -0.15) is 0 Å². The van der Waals surface area contributed by atoms with Gasteiger partial charge in [-0.1, -0.05) is 55.4 Å². The Hall–Kier alpha value is -3.85. The van der Waals surface area contributed by atoms with Crippen LogP contribution in [0.15, 0.2) is 70.5 Å². The molecule has 3 heterocycles. The second-order valence-electron chi connectivity index (χ2n) is 10.3. The van der Waals surface area contributed by atoms with E-state index in [0.717, 1.165) is 36.2 Å². The molecule has 2 aromatic carbocycles. The Bertz CT molecular complexity index is 1560. The summed E-state index contributed by atoms with van der Waals surface area (Å²) < 4.78 is 16.8. The summed E-state index contributed by atoms with van der Waals surface area (Å²) in [5, 5.41) is 2.89. The molecule has 2 aliphatic heterocycles. The summed E-state index contributed by atoms with van der Waals surface area (Å²) in [6.45, 7) is 8.56. The Morgan fingerprint density at radius 2 is 1.80 bits per heavy atom. The molecule has 1 fully saturated rings. The average Bonchev–Trinajstić information content (AvgIpc) is 3.12. The van der Waals surface area contributed by atoms with Crippen LogP contribution in [-0.2, 0) is 19.5 Å². The number of amides is 2. The van der Waals surface area contributed by atoms with Crippen molar-refractivity contribution in [3.8, 4) is 11.1 Å². The molecule has 3 aromatic rings. The number of nitrogens with zero attached hydrogens (tertiary/aromatic N) is 4. The van der Waals surface area contributed by atoms with Crippen LogP contribution in [0.4, 0.5) is 14.9 Å². The van der Waals surface area contributed by atoms with E-state index < -0.39 is 17.1 Å². The molecule has 10 heteroatoms. The van der Waals surface area contributed by atoms with Gasteiger partial charge in [-0.3, -0.25) is 13.9 Å². The number of aromatic nitrogens is 2. The monoisotopic (exact) mass is 565 g/mol. The number of halogens is 2. The first-order valence-corrected chi connectivity index (χ1v) is 14.0. The summed E-state index contributed by atoms with van der Waals surface area (Å²) in [7, 11) is 0. The normalized spacial score (nSPS) is 15.9. The largest absolute Gasteiger partial charge is 0.374 e. The van der Waals surface area contributed by atoms with Crippen molar-refractivity contribution in [2.24, 2.45) is 0 Å². The molecule has 1 saturated heterocycles. The number of nitrogens with one attached hydrogen (secondary N) is 1. The Balaban J connectivity index is 1.31. The summed E-state index contributed by atoms with van der Waals surface area (Å²) >= 11 is 6.20. The van der Waals surface area contributed by atoms with Gasteiger partial charge in [0.2, 0.25) is 0 Å². The number of fused-ring (bicyclic) bond motifs is 1. The lowest BCUT2D eigenvalue weighted by Crippen LogP contribution is -2.49. The molecule has 40 heavy (non-hydrogen) atoms. The van der Waals surface area contributed by atoms with Crippen LogP contribution in [0.2, 0.25) is 5.02 Å². The smallest absolute Gasteiger partial charge is 0.331 e.